The molecule has 0 aliphatic carbocycles. The number of hydrogen-bond donors (Lipinski definition) is 1. The number of hydrogen-bond acceptors (Lipinski definition) is 2. The molecule has 92 valence electrons. The van der Waals surface area contributed by atoms with E-state index in [1.807, 2.05) is 24.3 Å². The summed E-state index contributed by atoms with van der Waals surface area (Å²) in [4.78, 5) is 23.0. The van der Waals surface area contributed by atoms with Crippen LogP contribution in [0.1, 0.15) is 28.9 Å². The van der Waals surface area contributed by atoms with Crippen LogP contribution in [0.2, 0.25) is 0 Å². The second kappa shape index (κ2) is 3.98. The first-order valence-electron chi connectivity index (χ1n) is 6.04. The molecule has 1 aromatic heterocycles. The lowest BCUT2D eigenvalue weighted by atomic mass is 10.0. The number of rotatable bonds is 2. The van der Waals surface area contributed by atoms with Gasteiger partial charge in [0.2, 0.25) is 5.91 Å². The lowest BCUT2D eigenvalue weighted by Gasteiger charge is -2.15. The molecule has 1 N–H and O–H groups in total. The van der Waals surface area contributed by atoms with Crippen molar-refractivity contribution in [1.82, 2.24) is 4.57 Å². The Morgan fingerprint density at radius 2 is 2.06 bits per heavy atom. The van der Waals surface area contributed by atoms with Crippen LogP contribution in [0.15, 0.2) is 24.3 Å². The highest BCUT2D eigenvalue weighted by atomic mass is 16.4. The number of aliphatic carboxylic acids is 1. The third-order valence-corrected chi connectivity index (χ3v) is 3.47. The van der Waals surface area contributed by atoms with Crippen LogP contribution in [0.3, 0.4) is 0 Å². The molecule has 0 amide bonds. The van der Waals surface area contributed by atoms with E-state index in [0.717, 1.165) is 35.0 Å². The topological polar surface area (TPSA) is 59.3 Å². The fraction of sp³-hybridized carbons (Fsp3) is 0.286. The van der Waals surface area contributed by atoms with E-state index < -0.39 is 5.97 Å². The molecule has 18 heavy (non-hydrogen) atoms. The molecule has 3 rings (SSSR count). The molecule has 1 aromatic carbocycles. The predicted octanol–water partition coefficient (Wildman–Crippen LogP) is 2.24. The van der Waals surface area contributed by atoms with Crippen molar-refractivity contribution in [3.63, 3.8) is 0 Å². The maximum absolute atomic E-state index is 12.0. The van der Waals surface area contributed by atoms with E-state index in [-0.39, 0.29) is 12.3 Å². The van der Waals surface area contributed by atoms with Crippen molar-refractivity contribution in [3.8, 4) is 0 Å². The van der Waals surface area contributed by atoms with Crippen molar-refractivity contribution in [1.29, 1.82) is 0 Å². The van der Waals surface area contributed by atoms with Crippen molar-refractivity contribution in [2.24, 2.45) is 0 Å². The molecule has 0 saturated carbocycles. The number of carboxylic acid groups (broad SMARTS) is 1. The highest BCUT2D eigenvalue weighted by molar-refractivity contribution is 5.98. The zero-order valence-electron chi connectivity index (χ0n) is 9.85. The standard InChI is InChI=1S/C14H13NO3/c16-13-7-3-6-12-10(8-14(17)18)9-4-1-2-5-11(9)15(12)13/h1-2,4-5H,3,6-8H2,(H,17,18). The van der Waals surface area contributed by atoms with Gasteiger partial charge in [-0.1, -0.05) is 18.2 Å². The summed E-state index contributed by atoms with van der Waals surface area (Å²) in [5.74, 6) is -0.781. The quantitative estimate of drug-likeness (QED) is 0.880. The molecule has 1 aliphatic rings. The monoisotopic (exact) mass is 243 g/mol. The van der Waals surface area contributed by atoms with Crippen molar-refractivity contribution < 1.29 is 14.7 Å². The van der Waals surface area contributed by atoms with Gasteiger partial charge in [0.15, 0.2) is 0 Å². The van der Waals surface area contributed by atoms with E-state index in [9.17, 15) is 9.59 Å². The summed E-state index contributed by atoms with van der Waals surface area (Å²) in [6.45, 7) is 0. The molecule has 2 aromatic rings. The van der Waals surface area contributed by atoms with Gasteiger partial charge in [-0.15, -0.1) is 0 Å². The Morgan fingerprint density at radius 3 is 2.83 bits per heavy atom. The Hall–Kier alpha value is -2.10. The van der Waals surface area contributed by atoms with Gasteiger partial charge in [0.05, 0.1) is 11.9 Å². The van der Waals surface area contributed by atoms with Gasteiger partial charge in [-0.2, -0.15) is 0 Å². The van der Waals surface area contributed by atoms with Crippen LogP contribution in [0.5, 0.6) is 0 Å². The van der Waals surface area contributed by atoms with E-state index in [4.69, 9.17) is 5.11 Å². The predicted molar refractivity (Wildman–Crippen MR) is 66.8 cm³/mol. The number of carbonyl (C=O) groups excluding carboxylic acids is 1. The highest BCUT2D eigenvalue weighted by Crippen LogP contribution is 2.30. The van der Waals surface area contributed by atoms with Gasteiger partial charge in [0, 0.05) is 17.5 Å². The Labute approximate surface area is 104 Å². The number of nitrogens with zero attached hydrogens (tertiary/aromatic N) is 1. The molecule has 4 heteroatoms. The van der Waals surface area contributed by atoms with Gasteiger partial charge in [-0.25, -0.2) is 0 Å². The molecule has 0 atom stereocenters. The lowest BCUT2D eigenvalue weighted by Crippen LogP contribution is -2.19. The van der Waals surface area contributed by atoms with Crippen molar-refractivity contribution in [2.45, 2.75) is 25.7 Å². The number of aromatic nitrogens is 1. The van der Waals surface area contributed by atoms with Crippen LogP contribution in [-0.2, 0) is 17.6 Å². The van der Waals surface area contributed by atoms with Crippen LogP contribution in [0.4, 0.5) is 0 Å². The number of carbonyl (C=O) groups is 2. The summed E-state index contributed by atoms with van der Waals surface area (Å²) in [6.07, 6.45) is 2.11. The van der Waals surface area contributed by atoms with Gasteiger partial charge in [-0.3, -0.25) is 14.2 Å². The third kappa shape index (κ3) is 1.53. The van der Waals surface area contributed by atoms with Crippen LogP contribution in [0.25, 0.3) is 10.9 Å². The Morgan fingerprint density at radius 1 is 1.28 bits per heavy atom. The molecule has 2 heterocycles. The third-order valence-electron chi connectivity index (χ3n) is 3.47. The molecule has 4 nitrogen and oxygen atoms in total. The molecule has 0 radical (unpaired) electrons. The number of benzene rings is 1. The largest absolute Gasteiger partial charge is 0.481 e. The molecule has 0 saturated heterocycles. The average Bonchev–Trinajstić information content (AvgIpc) is 2.65. The molecular weight excluding hydrogens is 230 g/mol. The van der Waals surface area contributed by atoms with Gasteiger partial charge >= 0.3 is 5.97 Å². The zero-order valence-corrected chi connectivity index (χ0v) is 9.85. The second-order valence-corrected chi connectivity index (χ2v) is 4.60. The minimum atomic E-state index is -0.854. The smallest absolute Gasteiger partial charge is 0.307 e. The lowest BCUT2D eigenvalue weighted by molar-refractivity contribution is -0.136. The van der Waals surface area contributed by atoms with E-state index in [2.05, 4.69) is 0 Å². The summed E-state index contributed by atoms with van der Waals surface area (Å²) < 4.78 is 1.71. The second-order valence-electron chi connectivity index (χ2n) is 4.60. The maximum atomic E-state index is 12.0. The van der Waals surface area contributed by atoms with E-state index in [0.29, 0.717) is 6.42 Å². The van der Waals surface area contributed by atoms with Gasteiger partial charge in [-0.05, 0) is 24.5 Å². The summed E-state index contributed by atoms with van der Waals surface area (Å²) in [6, 6.07) is 7.53. The fourth-order valence-electron chi connectivity index (χ4n) is 2.77. The van der Waals surface area contributed by atoms with Crippen molar-refractivity contribution >= 4 is 22.8 Å². The van der Waals surface area contributed by atoms with E-state index in [1.165, 1.54) is 0 Å². The number of carboxylic acids is 1. The van der Waals surface area contributed by atoms with Crippen molar-refractivity contribution in [2.75, 3.05) is 0 Å². The fourth-order valence-corrected chi connectivity index (χ4v) is 2.77. The zero-order chi connectivity index (χ0) is 12.7. The highest BCUT2D eigenvalue weighted by Gasteiger charge is 2.25. The Bertz CT molecular complexity index is 654. The van der Waals surface area contributed by atoms with Crippen LogP contribution in [-0.4, -0.2) is 21.6 Å². The van der Waals surface area contributed by atoms with E-state index in [1.54, 1.807) is 4.57 Å². The summed E-state index contributed by atoms with van der Waals surface area (Å²) >= 11 is 0. The molecular formula is C14H13NO3. The minimum Gasteiger partial charge on any atom is -0.481 e. The summed E-state index contributed by atoms with van der Waals surface area (Å²) in [7, 11) is 0. The first-order chi connectivity index (χ1) is 8.68. The van der Waals surface area contributed by atoms with Crippen LogP contribution < -0.4 is 0 Å². The van der Waals surface area contributed by atoms with Crippen LogP contribution in [0, 0.1) is 0 Å². The maximum Gasteiger partial charge on any atom is 0.307 e. The number of fused-ring (bicyclic) bond motifs is 3. The molecule has 0 spiro atoms. The first kappa shape index (κ1) is 11.0. The molecule has 0 fully saturated rings. The SMILES string of the molecule is O=C(O)Cc1c2n(c3ccccc13)C(=O)CCC2. The normalized spacial score (nSPS) is 14.8. The van der Waals surface area contributed by atoms with Gasteiger partial charge in [0.25, 0.3) is 0 Å². The van der Waals surface area contributed by atoms with E-state index >= 15 is 0 Å². The molecule has 1 aliphatic heterocycles. The molecule has 0 bridgehead atoms. The van der Waals surface area contributed by atoms with Gasteiger partial charge < -0.3 is 5.11 Å². The van der Waals surface area contributed by atoms with Crippen LogP contribution >= 0.6 is 0 Å². The Kier molecular flexibility index (Phi) is 2.44. The average molecular weight is 243 g/mol. The first-order valence-corrected chi connectivity index (χ1v) is 6.04. The summed E-state index contributed by atoms with van der Waals surface area (Å²) in [5.41, 5.74) is 2.52. The van der Waals surface area contributed by atoms with Gasteiger partial charge in [0.1, 0.15) is 0 Å². The number of para-hydroxylation sites is 1. The van der Waals surface area contributed by atoms with Crippen molar-refractivity contribution in [3.05, 3.63) is 35.5 Å². The Balaban J connectivity index is 2.33. The summed E-state index contributed by atoms with van der Waals surface area (Å²) in [5, 5.41) is 9.91. The molecule has 0 unspecified atom stereocenters. The minimum absolute atomic E-state index is 0.0177.